The highest BCUT2D eigenvalue weighted by atomic mass is 127. The van der Waals surface area contributed by atoms with Crippen LogP contribution in [0.25, 0.3) is 0 Å². The number of hydrogen-bond acceptors (Lipinski definition) is 4. The van der Waals surface area contributed by atoms with Crippen molar-refractivity contribution in [3.63, 3.8) is 0 Å². The second-order valence-corrected chi connectivity index (χ2v) is 5.47. The molecule has 0 fully saturated rings. The van der Waals surface area contributed by atoms with Gasteiger partial charge in [-0.05, 0) is 40.3 Å². The Labute approximate surface area is 128 Å². The summed E-state index contributed by atoms with van der Waals surface area (Å²) >= 11 is 2.29. The number of halogens is 1. The molecule has 0 saturated carbocycles. The molecule has 0 atom stereocenters. The quantitative estimate of drug-likeness (QED) is 0.515. The normalized spacial score (nSPS) is 10.7. The van der Waals surface area contributed by atoms with Gasteiger partial charge in [0, 0.05) is 30.3 Å². The first-order valence-corrected chi connectivity index (χ1v) is 7.26. The Morgan fingerprint density at radius 3 is 2.47 bits per heavy atom. The highest BCUT2D eigenvalue weighted by Crippen LogP contribution is 2.09. The van der Waals surface area contributed by atoms with Gasteiger partial charge in [-0.1, -0.05) is 12.1 Å². The van der Waals surface area contributed by atoms with Gasteiger partial charge in [-0.3, -0.25) is 9.69 Å². The van der Waals surface area contributed by atoms with Gasteiger partial charge in [-0.15, -0.1) is 0 Å². The van der Waals surface area contributed by atoms with Crippen LogP contribution in [0, 0.1) is 3.57 Å². The second-order valence-electron chi connectivity index (χ2n) is 4.22. The number of nitrogens with zero attached hydrogens (tertiary/aromatic N) is 1. The number of rotatable bonds is 8. The summed E-state index contributed by atoms with van der Waals surface area (Å²) in [5.74, 6) is -0.176. The smallest absolute Gasteiger partial charge is 0.306 e. The number of esters is 1. The van der Waals surface area contributed by atoms with Crippen LogP contribution in [0.15, 0.2) is 24.3 Å². The maximum absolute atomic E-state index is 11.2. The zero-order valence-corrected chi connectivity index (χ0v) is 13.6. The number of benzene rings is 1. The molecule has 0 saturated heterocycles. The summed E-state index contributed by atoms with van der Waals surface area (Å²) in [4.78, 5) is 13.4. The van der Waals surface area contributed by atoms with Crippen molar-refractivity contribution in [3.8, 4) is 0 Å². The third kappa shape index (κ3) is 6.89. The van der Waals surface area contributed by atoms with E-state index >= 15 is 0 Å². The van der Waals surface area contributed by atoms with Crippen molar-refractivity contribution in [2.24, 2.45) is 0 Å². The molecule has 0 unspecified atom stereocenters. The lowest BCUT2D eigenvalue weighted by Gasteiger charge is -2.21. The van der Waals surface area contributed by atoms with Gasteiger partial charge in [-0.25, -0.2) is 0 Å². The zero-order chi connectivity index (χ0) is 14.1. The predicted molar refractivity (Wildman–Crippen MR) is 82.9 cm³/mol. The minimum Gasteiger partial charge on any atom is -0.469 e. The summed E-state index contributed by atoms with van der Waals surface area (Å²) in [5, 5.41) is 0. The molecule has 0 amide bonds. The van der Waals surface area contributed by atoms with E-state index in [1.54, 1.807) is 7.11 Å². The maximum Gasteiger partial charge on any atom is 0.306 e. The molecular formula is C14H20INO3. The van der Waals surface area contributed by atoms with E-state index in [0.29, 0.717) is 19.6 Å². The number of carbonyl (C=O) groups is 1. The van der Waals surface area contributed by atoms with Gasteiger partial charge in [0.2, 0.25) is 0 Å². The number of hydrogen-bond donors (Lipinski definition) is 0. The average Bonchev–Trinajstić information content (AvgIpc) is 2.43. The Bertz CT molecular complexity index is 381. The Balaban J connectivity index is 2.52. The average molecular weight is 377 g/mol. The second kappa shape index (κ2) is 9.28. The molecule has 106 valence electrons. The molecule has 0 aliphatic heterocycles. The molecule has 0 radical (unpaired) electrons. The molecule has 0 N–H and O–H groups in total. The van der Waals surface area contributed by atoms with Crippen molar-refractivity contribution in [2.45, 2.75) is 13.0 Å². The van der Waals surface area contributed by atoms with Gasteiger partial charge in [0.1, 0.15) is 0 Å². The monoisotopic (exact) mass is 377 g/mol. The van der Waals surface area contributed by atoms with Gasteiger partial charge < -0.3 is 9.47 Å². The van der Waals surface area contributed by atoms with E-state index in [1.165, 1.54) is 16.2 Å². The molecule has 19 heavy (non-hydrogen) atoms. The lowest BCUT2D eigenvalue weighted by molar-refractivity contribution is -0.141. The first-order chi connectivity index (χ1) is 9.15. The van der Waals surface area contributed by atoms with Gasteiger partial charge in [0.05, 0.1) is 20.1 Å². The van der Waals surface area contributed by atoms with Crippen molar-refractivity contribution in [2.75, 3.05) is 33.9 Å². The Kier molecular flexibility index (Phi) is 8.00. The fourth-order valence-corrected chi connectivity index (χ4v) is 2.05. The fraction of sp³-hybridized carbons (Fsp3) is 0.500. The highest BCUT2D eigenvalue weighted by Gasteiger charge is 2.09. The van der Waals surface area contributed by atoms with Crippen molar-refractivity contribution >= 4 is 28.6 Å². The summed E-state index contributed by atoms with van der Waals surface area (Å²) in [5.41, 5.74) is 1.24. The minimum absolute atomic E-state index is 0.176. The van der Waals surface area contributed by atoms with Crippen LogP contribution in [-0.4, -0.2) is 44.8 Å². The first-order valence-electron chi connectivity index (χ1n) is 6.18. The lowest BCUT2D eigenvalue weighted by Crippen LogP contribution is -2.29. The maximum atomic E-state index is 11.2. The van der Waals surface area contributed by atoms with E-state index < -0.39 is 0 Å². The molecule has 0 bridgehead atoms. The van der Waals surface area contributed by atoms with E-state index in [1.807, 2.05) is 0 Å². The van der Waals surface area contributed by atoms with Crippen LogP contribution in [0.3, 0.4) is 0 Å². The van der Waals surface area contributed by atoms with Gasteiger partial charge in [0.25, 0.3) is 0 Å². The first kappa shape index (κ1) is 16.4. The van der Waals surface area contributed by atoms with Crippen LogP contribution in [-0.2, 0) is 20.8 Å². The minimum atomic E-state index is -0.176. The Morgan fingerprint density at radius 1 is 1.21 bits per heavy atom. The standard InChI is InChI=1S/C14H20INO3/c1-18-10-9-16(8-7-14(17)19-2)11-12-3-5-13(15)6-4-12/h3-6H,7-11H2,1-2H3. The molecule has 0 spiro atoms. The van der Waals surface area contributed by atoms with Crippen LogP contribution in [0.4, 0.5) is 0 Å². The van der Waals surface area contributed by atoms with Crippen molar-refractivity contribution in [3.05, 3.63) is 33.4 Å². The van der Waals surface area contributed by atoms with Crippen LogP contribution >= 0.6 is 22.6 Å². The van der Waals surface area contributed by atoms with Crippen LogP contribution in [0.1, 0.15) is 12.0 Å². The van der Waals surface area contributed by atoms with E-state index in [4.69, 9.17) is 4.74 Å². The molecule has 0 aliphatic rings. The van der Waals surface area contributed by atoms with E-state index in [0.717, 1.165) is 13.1 Å². The molecule has 0 aliphatic carbocycles. The van der Waals surface area contributed by atoms with Crippen LogP contribution in [0.5, 0.6) is 0 Å². The van der Waals surface area contributed by atoms with Crippen molar-refractivity contribution in [1.29, 1.82) is 0 Å². The van der Waals surface area contributed by atoms with Gasteiger partial charge >= 0.3 is 5.97 Å². The lowest BCUT2D eigenvalue weighted by atomic mass is 10.2. The summed E-state index contributed by atoms with van der Waals surface area (Å²) in [6.07, 6.45) is 0.407. The van der Waals surface area contributed by atoms with Crippen LogP contribution in [0.2, 0.25) is 0 Å². The molecular weight excluding hydrogens is 357 g/mol. The topological polar surface area (TPSA) is 38.8 Å². The fourth-order valence-electron chi connectivity index (χ4n) is 1.69. The largest absolute Gasteiger partial charge is 0.469 e. The molecule has 4 nitrogen and oxygen atoms in total. The van der Waals surface area contributed by atoms with E-state index in [2.05, 4.69) is 56.5 Å². The van der Waals surface area contributed by atoms with E-state index in [9.17, 15) is 4.79 Å². The molecule has 0 heterocycles. The molecule has 1 rings (SSSR count). The Morgan fingerprint density at radius 2 is 1.89 bits per heavy atom. The number of carbonyl (C=O) groups excluding carboxylic acids is 1. The predicted octanol–water partition coefficient (Wildman–Crippen LogP) is 2.30. The number of methoxy groups -OCH3 is 2. The summed E-state index contributed by atoms with van der Waals surface area (Å²) < 4.78 is 11.0. The molecule has 1 aromatic carbocycles. The Hall–Kier alpha value is -0.660. The van der Waals surface area contributed by atoms with Gasteiger partial charge in [0.15, 0.2) is 0 Å². The van der Waals surface area contributed by atoms with Crippen molar-refractivity contribution < 1.29 is 14.3 Å². The summed E-state index contributed by atoms with van der Waals surface area (Å²) in [6.45, 7) is 2.96. The SMILES string of the molecule is COCCN(CCC(=O)OC)Cc1ccc(I)cc1. The summed E-state index contributed by atoms with van der Waals surface area (Å²) in [6, 6.07) is 8.40. The van der Waals surface area contributed by atoms with Crippen LogP contribution < -0.4 is 0 Å². The molecule has 0 aromatic heterocycles. The third-order valence-corrected chi connectivity index (χ3v) is 3.51. The van der Waals surface area contributed by atoms with Gasteiger partial charge in [-0.2, -0.15) is 0 Å². The summed E-state index contributed by atoms with van der Waals surface area (Å²) in [7, 11) is 3.10. The highest BCUT2D eigenvalue weighted by molar-refractivity contribution is 14.1. The van der Waals surface area contributed by atoms with E-state index in [-0.39, 0.29) is 5.97 Å². The molecule has 1 aromatic rings. The van der Waals surface area contributed by atoms with Crippen molar-refractivity contribution in [1.82, 2.24) is 4.90 Å². The zero-order valence-electron chi connectivity index (χ0n) is 11.4. The molecule has 5 heteroatoms. The number of ether oxygens (including phenoxy) is 2. The third-order valence-electron chi connectivity index (χ3n) is 2.79.